The fourth-order valence-corrected chi connectivity index (χ4v) is 2.42. The summed E-state index contributed by atoms with van der Waals surface area (Å²) in [4.78, 5) is 4.30. The molecule has 0 fully saturated rings. The Morgan fingerprint density at radius 3 is 2.43 bits per heavy atom. The van der Waals surface area contributed by atoms with E-state index in [9.17, 15) is 13.2 Å². The molecule has 1 heterocycles. The van der Waals surface area contributed by atoms with Crippen molar-refractivity contribution in [1.29, 1.82) is 0 Å². The normalized spacial score (nSPS) is 14.1. The number of fused-ring (bicyclic) bond motifs is 1. The van der Waals surface area contributed by atoms with E-state index in [-0.39, 0.29) is 5.38 Å². The molecule has 0 saturated carbocycles. The average molecular weight is 319 g/mol. The van der Waals surface area contributed by atoms with Crippen LogP contribution in [0.5, 0.6) is 0 Å². The summed E-state index contributed by atoms with van der Waals surface area (Å²) in [7, 11) is 0. The number of nitrogens with zero attached hydrogens (tertiary/aromatic N) is 2. The lowest BCUT2D eigenvalue weighted by Gasteiger charge is -2.12. The summed E-state index contributed by atoms with van der Waals surface area (Å²) < 4.78 is 40.2. The topological polar surface area (TPSA) is 17.8 Å². The monoisotopic (exact) mass is 318 g/mol. The molecule has 1 aromatic carbocycles. The van der Waals surface area contributed by atoms with Crippen molar-refractivity contribution in [3.63, 3.8) is 0 Å². The fourth-order valence-electron chi connectivity index (χ4n) is 2.25. The predicted octanol–water partition coefficient (Wildman–Crippen LogP) is 5.40. The molecule has 116 valence electrons. The van der Waals surface area contributed by atoms with Gasteiger partial charge in [-0.2, -0.15) is 13.2 Å². The highest BCUT2D eigenvalue weighted by Gasteiger charge is 2.31. The van der Waals surface area contributed by atoms with Gasteiger partial charge in [-0.05, 0) is 37.5 Å². The van der Waals surface area contributed by atoms with Crippen LogP contribution in [0, 0.1) is 5.92 Å². The van der Waals surface area contributed by atoms with E-state index in [0.29, 0.717) is 29.3 Å². The van der Waals surface area contributed by atoms with Gasteiger partial charge in [0.15, 0.2) is 0 Å². The molecule has 0 aliphatic rings. The van der Waals surface area contributed by atoms with Crippen molar-refractivity contribution < 1.29 is 13.2 Å². The van der Waals surface area contributed by atoms with Gasteiger partial charge in [0.25, 0.3) is 0 Å². The Morgan fingerprint density at radius 2 is 1.90 bits per heavy atom. The van der Waals surface area contributed by atoms with Gasteiger partial charge in [0.2, 0.25) is 0 Å². The van der Waals surface area contributed by atoms with E-state index in [1.54, 1.807) is 6.92 Å². The van der Waals surface area contributed by atoms with Crippen molar-refractivity contribution >= 4 is 22.6 Å². The minimum Gasteiger partial charge on any atom is -0.327 e. The number of hydrogen-bond donors (Lipinski definition) is 0. The second kappa shape index (κ2) is 5.87. The van der Waals surface area contributed by atoms with E-state index in [0.717, 1.165) is 18.6 Å². The second-order valence-electron chi connectivity index (χ2n) is 5.62. The largest absolute Gasteiger partial charge is 0.416 e. The molecule has 0 N–H and O–H groups in total. The smallest absolute Gasteiger partial charge is 0.327 e. The summed E-state index contributed by atoms with van der Waals surface area (Å²) >= 11 is 6.12. The number of imidazole rings is 1. The van der Waals surface area contributed by atoms with E-state index in [1.165, 1.54) is 6.07 Å². The number of aryl methyl sites for hydroxylation is 1. The fraction of sp³-hybridized carbons (Fsp3) is 0.533. The van der Waals surface area contributed by atoms with Crippen molar-refractivity contribution in [3.8, 4) is 0 Å². The summed E-state index contributed by atoms with van der Waals surface area (Å²) in [5.41, 5.74) is 0.361. The van der Waals surface area contributed by atoms with Crippen molar-refractivity contribution in [3.05, 3.63) is 29.6 Å². The Kier molecular flexibility index (Phi) is 4.51. The zero-order valence-electron chi connectivity index (χ0n) is 12.2. The molecule has 0 spiro atoms. The first-order chi connectivity index (χ1) is 9.70. The Morgan fingerprint density at radius 1 is 1.24 bits per heavy atom. The maximum atomic E-state index is 12.8. The molecule has 0 aliphatic carbocycles. The molecular formula is C15H18ClF3N2. The molecule has 1 unspecified atom stereocenters. The predicted molar refractivity (Wildman–Crippen MR) is 78.5 cm³/mol. The zero-order chi connectivity index (χ0) is 15.8. The van der Waals surface area contributed by atoms with E-state index in [4.69, 9.17) is 11.6 Å². The first-order valence-corrected chi connectivity index (χ1v) is 7.35. The molecular weight excluding hydrogens is 301 g/mol. The molecule has 0 saturated heterocycles. The van der Waals surface area contributed by atoms with Crippen molar-refractivity contribution in [1.82, 2.24) is 9.55 Å². The molecule has 0 aliphatic heterocycles. The van der Waals surface area contributed by atoms with Gasteiger partial charge in [-0.3, -0.25) is 0 Å². The molecule has 0 bridgehead atoms. The minimum atomic E-state index is -4.36. The number of hydrogen-bond acceptors (Lipinski definition) is 1. The molecule has 2 aromatic rings. The molecule has 21 heavy (non-hydrogen) atoms. The van der Waals surface area contributed by atoms with Gasteiger partial charge >= 0.3 is 6.18 Å². The quantitative estimate of drug-likeness (QED) is 0.690. The third-order valence-electron chi connectivity index (χ3n) is 3.39. The van der Waals surface area contributed by atoms with Crippen LogP contribution in [-0.2, 0) is 12.7 Å². The van der Waals surface area contributed by atoms with Crippen molar-refractivity contribution in [2.24, 2.45) is 5.92 Å². The Bertz CT molecular complexity index is 630. The molecule has 0 radical (unpaired) electrons. The molecule has 0 amide bonds. The summed E-state index contributed by atoms with van der Waals surface area (Å²) in [5.74, 6) is 1.11. The van der Waals surface area contributed by atoms with Crippen LogP contribution in [-0.4, -0.2) is 9.55 Å². The van der Waals surface area contributed by atoms with Gasteiger partial charge in [-0.25, -0.2) is 4.98 Å². The molecule has 1 atom stereocenters. The second-order valence-corrected chi connectivity index (χ2v) is 6.28. The number of benzene rings is 1. The lowest BCUT2D eigenvalue weighted by molar-refractivity contribution is -0.137. The van der Waals surface area contributed by atoms with Gasteiger partial charge in [-0.15, -0.1) is 11.6 Å². The third kappa shape index (κ3) is 3.51. The highest BCUT2D eigenvalue weighted by molar-refractivity contribution is 6.20. The van der Waals surface area contributed by atoms with Crippen LogP contribution < -0.4 is 0 Å². The lowest BCUT2D eigenvalue weighted by Crippen LogP contribution is -2.07. The number of alkyl halides is 4. The van der Waals surface area contributed by atoms with Gasteiger partial charge in [-0.1, -0.05) is 13.8 Å². The molecule has 1 aromatic heterocycles. The first kappa shape index (κ1) is 16.1. The van der Waals surface area contributed by atoms with E-state index in [2.05, 4.69) is 18.8 Å². The highest BCUT2D eigenvalue weighted by Crippen LogP contribution is 2.33. The lowest BCUT2D eigenvalue weighted by atomic mass is 10.1. The summed E-state index contributed by atoms with van der Waals surface area (Å²) in [6.07, 6.45) is -3.44. The summed E-state index contributed by atoms with van der Waals surface area (Å²) in [6, 6.07) is 3.66. The SMILES string of the molecule is CC(C)CCn1c(C(C)Cl)nc2cc(C(F)(F)F)ccc21. The van der Waals surface area contributed by atoms with Crippen LogP contribution in [0.15, 0.2) is 18.2 Å². The van der Waals surface area contributed by atoms with Crippen LogP contribution in [0.1, 0.15) is 44.0 Å². The Labute approximate surface area is 126 Å². The third-order valence-corrected chi connectivity index (χ3v) is 3.59. The van der Waals surface area contributed by atoms with Crippen LogP contribution in [0.2, 0.25) is 0 Å². The highest BCUT2D eigenvalue weighted by atomic mass is 35.5. The van der Waals surface area contributed by atoms with Gasteiger partial charge in [0.05, 0.1) is 22.0 Å². The van der Waals surface area contributed by atoms with E-state index < -0.39 is 11.7 Å². The van der Waals surface area contributed by atoms with Gasteiger partial charge in [0.1, 0.15) is 5.82 Å². The number of rotatable bonds is 4. The molecule has 6 heteroatoms. The zero-order valence-corrected chi connectivity index (χ0v) is 13.0. The molecule has 2 rings (SSSR count). The van der Waals surface area contributed by atoms with Gasteiger partial charge in [0, 0.05) is 6.54 Å². The Balaban J connectivity index is 2.52. The van der Waals surface area contributed by atoms with E-state index in [1.807, 2.05) is 4.57 Å². The van der Waals surface area contributed by atoms with Crippen LogP contribution in [0.25, 0.3) is 11.0 Å². The summed E-state index contributed by atoms with van der Waals surface area (Å²) in [6.45, 7) is 6.68. The number of aromatic nitrogens is 2. The standard InChI is InChI=1S/C15H18ClF3N2/c1-9(2)6-7-21-13-5-4-11(15(17,18)19)8-12(13)20-14(21)10(3)16/h4-5,8-10H,6-7H2,1-3H3. The number of halogens is 4. The van der Waals surface area contributed by atoms with Crippen LogP contribution in [0.4, 0.5) is 13.2 Å². The van der Waals surface area contributed by atoms with Crippen LogP contribution >= 0.6 is 11.6 Å². The van der Waals surface area contributed by atoms with Gasteiger partial charge < -0.3 is 4.57 Å². The first-order valence-electron chi connectivity index (χ1n) is 6.91. The maximum absolute atomic E-state index is 12.8. The summed E-state index contributed by atoms with van der Waals surface area (Å²) in [5, 5.41) is -0.348. The van der Waals surface area contributed by atoms with Crippen molar-refractivity contribution in [2.45, 2.75) is 45.3 Å². The van der Waals surface area contributed by atoms with E-state index >= 15 is 0 Å². The average Bonchev–Trinajstić information content (AvgIpc) is 2.73. The van der Waals surface area contributed by atoms with Crippen LogP contribution in [0.3, 0.4) is 0 Å². The minimum absolute atomic E-state index is 0.344. The Hall–Kier alpha value is -1.23. The maximum Gasteiger partial charge on any atom is 0.416 e. The van der Waals surface area contributed by atoms with Crippen molar-refractivity contribution in [2.75, 3.05) is 0 Å². The molecule has 2 nitrogen and oxygen atoms in total.